The van der Waals surface area contributed by atoms with Crippen LogP contribution in [0.25, 0.3) is 0 Å². The number of halogens is 2. The van der Waals surface area contributed by atoms with Crippen LogP contribution in [0.4, 0.5) is 0 Å². The second-order valence-corrected chi connectivity index (χ2v) is 4.07. The minimum Gasteiger partial charge on any atom is -1.00 e. The molecule has 79 valence electrons. The van der Waals surface area contributed by atoms with Gasteiger partial charge >= 0.3 is 26.2 Å². The van der Waals surface area contributed by atoms with Gasteiger partial charge in [-0.25, -0.2) is 11.6 Å². The Bertz CT molecular complexity index is 205. The van der Waals surface area contributed by atoms with Crippen LogP contribution >= 0.6 is 0 Å². The molecule has 0 nitrogen and oxygen atoms in total. The summed E-state index contributed by atoms with van der Waals surface area (Å²) in [6.45, 7) is 9.10. The average molecular weight is 311 g/mol. The summed E-state index contributed by atoms with van der Waals surface area (Å²) in [5, 5.41) is 0. The van der Waals surface area contributed by atoms with Gasteiger partial charge in [0.25, 0.3) is 0 Å². The van der Waals surface area contributed by atoms with E-state index >= 15 is 0 Å². The molecule has 1 radical (unpaired) electrons. The normalized spacial score (nSPS) is 13.9. The van der Waals surface area contributed by atoms with Gasteiger partial charge in [-0.3, -0.25) is 6.08 Å². The molecular formula is C11H17Cl2Zr. The first-order valence-corrected chi connectivity index (χ1v) is 4.33. The van der Waals surface area contributed by atoms with Gasteiger partial charge in [-0.2, -0.15) is 6.08 Å². The van der Waals surface area contributed by atoms with Crippen molar-refractivity contribution in [1.82, 2.24) is 0 Å². The molecule has 0 aromatic rings. The second-order valence-electron chi connectivity index (χ2n) is 4.07. The van der Waals surface area contributed by atoms with Crippen molar-refractivity contribution in [2.45, 2.75) is 34.1 Å². The van der Waals surface area contributed by atoms with Crippen molar-refractivity contribution in [3.05, 3.63) is 23.8 Å². The van der Waals surface area contributed by atoms with E-state index < -0.39 is 0 Å². The van der Waals surface area contributed by atoms with Crippen LogP contribution in [0.3, 0.4) is 0 Å². The molecule has 0 saturated carbocycles. The minimum absolute atomic E-state index is 0. The number of rotatable bonds is 2. The third-order valence-corrected chi connectivity index (χ3v) is 2.83. The molecule has 0 bridgehead atoms. The number of allylic oxidation sites excluding steroid dienone is 4. The van der Waals surface area contributed by atoms with Crippen molar-refractivity contribution in [2.75, 3.05) is 0 Å². The molecule has 3 heteroatoms. The predicted octanol–water partition coefficient (Wildman–Crippen LogP) is -2.64. The largest absolute Gasteiger partial charge is 3.00 e. The van der Waals surface area contributed by atoms with E-state index in [9.17, 15) is 0 Å². The first-order chi connectivity index (χ1) is 5.05. The molecule has 0 fully saturated rings. The predicted molar refractivity (Wildman–Crippen MR) is 49.1 cm³/mol. The van der Waals surface area contributed by atoms with E-state index in [1.165, 1.54) is 5.57 Å². The third kappa shape index (κ3) is 4.64. The fourth-order valence-electron chi connectivity index (χ4n) is 1.16. The Morgan fingerprint density at radius 2 is 1.79 bits per heavy atom. The van der Waals surface area contributed by atoms with Crippen LogP contribution in [0.15, 0.2) is 17.7 Å². The Morgan fingerprint density at radius 3 is 2.07 bits per heavy atom. The molecule has 1 rings (SSSR count). The van der Waals surface area contributed by atoms with Crippen molar-refractivity contribution in [2.24, 2.45) is 11.3 Å². The molecule has 1 aliphatic rings. The van der Waals surface area contributed by atoms with Crippen LogP contribution in [-0.4, -0.2) is 0 Å². The maximum Gasteiger partial charge on any atom is 3.00 e. The van der Waals surface area contributed by atoms with Gasteiger partial charge in [-0.1, -0.05) is 27.7 Å². The van der Waals surface area contributed by atoms with Crippen LogP contribution in [0, 0.1) is 17.4 Å². The van der Waals surface area contributed by atoms with Gasteiger partial charge in [0.05, 0.1) is 0 Å². The topological polar surface area (TPSA) is 0 Å². The molecule has 0 amide bonds. The second kappa shape index (κ2) is 8.14. The summed E-state index contributed by atoms with van der Waals surface area (Å²) in [7, 11) is 0. The van der Waals surface area contributed by atoms with E-state index in [0.29, 0.717) is 11.3 Å². The van der Waals surface area contributed by atoms with Crippen molar-refractivity contribution >= 4 is 0 Å². The quantitative estimate of drug-likeness (QED) is 0.489. The Hall–Kier alpha value is 0.943. The minimum atomic E-state index is 0. The van der Waals surface area contributed by atoms with E-state index in [1.54, 1.807) is 0 Å². The Morgan fingerprint density at radius 1 is 1.29 bits per heavy atom. The van der Waals surface area contributed by atoms with Gasteiger partial charge in [0.1, 0.15) is 0 Å². The summed E-state index contributed by atoms with van der Waals surface area (Å²) < 4.78 is 0. The van der Waals surface area contributed by atoms with Crippen molar-refractivity contribution < 1.29 is 51.0 Å². The maximum atomic E-state index is 3.38. The first-order valence-electron chi connectivity index (χ1n) is 4.33. The smallest absolute Gasteiger partial charge is 1.00 e. The fraction of sp³-hybridized carbons (Fsp3) is 0.636. The van der Waals surface area contributed by atoms with E-state index in [2.05, 4.69) is 45.9 Å². The van der Waals surface area contributed by atoms with E-state index in [1.807, 2.05) is 0 Å². The molecule has 0 unspecified atom stereocenters. The molecule has 1 aliphatic carbocycles. The molecule has 0 saturated heterocycles. The standard InChI is InChI=1S/C11H17.2ClH.Zr/c1-9(2)11(3,4)10-7-5-6-8-10;;;/h5,7,9H,6H2,1-4H3;2*1H;/q-1;;;+3/p-2. The molecule has 0 aliphatic heterocycles. The fourth-order valence-corrected chi connectivity index (χ4v) is 1.16. The summed E-state index contributed by atoms with van der Waals surface area (Å²) in [5.41, 5.74) is 1.68. The van der Waals surface area contributed by atoms with Crippen molar-refractivity contribution in [1.29, 1.82) is 0 Å². The molecule has 0 atom stereocenters. The molecule has 0 spiro atoms. The van der Waals surface area contributed by atoms with Gasteiger partial charge in [0.2, 0.25) is 0 Å². The van der Waals surface area contributed by atoms with Gasteiger partial charge in [-0.05, 0) is 11.3 Å². The average Bonchev–Trinajstić information content (AvgIpc) is 2.37. The van der Waals surface area contributed by atoms with E-state index in [4.69, 9.17) is 0 Å². The molecule has 0 heterocycles. The maximum absolute atomic E-state index is 3.38. The summed E-state index contributed by atoms with van der Waals surface area (Å²) in [6.07, 6.45) is 8.78. The summed E-state index contributed by atoms with van der Waals surface area (Å²) in [5.74, 6) is 0.688. The Balaban J connectivity index is -0.000000403. The molecule has 0 N–H and O–H groups in total. The molecule has 0 aromatic heterocycles. The Labute approximate surface area is 120 Å². The van der Waals surface area contributed by atoms with Crippen LogP contribution in [0.5, 0.6) is 0 Å². The SMILES string of the molecule is CC(C)C(C)(C)C1=[C-]CC=C1.[Cl-].[Cl-].[Zr+3]. The number of hydrogen-bond donors (Lipinski definition) is 0. The van der Waals surface area contributed by atoms with Crippen molar-refractivity contribution in [3.8, 4) is 0 Å². The van der Waals surface area contributed by atoms with E-state index in [-0.39, 0.29) is 51.0 Å². The molecule has 14 heavy (non-hydrogen) atoms. The summed E-state index contributed by atoms with van der Waals surface area (Å²) in [4.78, 5) is 0. The van der Waals surface area contributed by atoms with Gasteiger partial charge in [0.15, 0.2) is 0 Å². The Kier molecular flexibility index (Phi) is 11.8. The van der Waals surface area contributed by atoms with E-state index in [0.717, 1.165) is 6.42 Å². The zero-order valence-electron chi connectivity index (χ0n) is 9.20. The zero-order valence-corrected chi connectivity index (χ0v) is 13.2. The molecular weight excluding hydrogens is 294 g/mol. The monoisotopic (exact) mass is 309 g/mol. The van der Waals surface area contributed by atoms with Crippen LogP contribution in [0.1, 0.15) is 34.1 Å². The first kappa shape index (κ1) is 20.4. The number of hydrogen-bond acceptors (Lipinski definition) is 0. The van der Waals surface area contributed by atoms with Crippen molar-refractivity contribution in [3.63, 3.8) is 0 Å². The van der Waals surface area contributed by atoms with Crippen LogP contribution in [-0.2, 0) is 26.2 Å². The van der Waals surface area contributed by atoms with Crippen LogP contribution < -0.4 is 24.8 Å². The van der Waals surface area contributed by atoms with Crippen LogP contribution in [0.2, 0.25) is 0 Å². The molecule has 0 aromatic carbocycles. The summed E-state index contributed by atoms with van der Waals surface area (Å²) >= 11 is 0. The zero-order chi connectivity index (χ0) is 8.48. The van der Waals surface area contributed by atoms with Gasteiger partial charge in [0, 0.05) is 0 Å². The third-order valence-electron chi connectivity index (χ3n) is 2.83. The van der Waals surface area contributed by atoms with Gasteiger partial charge < -0.3 is 24.8 Å². The van der Waals surface area contributed by atoms with Gasteiger partial charge in [-0.15, -0.1) is 6.42 Å². The summed E-state index contributed by atoms with van der Waals surface area (Å²) in [6, 6.07) is 0.